The lowest BCUT2D eigenvalue weighted by Crippen LogP contribution is -2.42. The molecule has 5 aliphatic carbocycles. The van der Waals surface area contributed by atoms with Gasteiger partial charge in [0.2, 0.25) is 0 Å². The van der Waals surface area contributed by atoms with Crippen molar-refractivity contribution in [1.29, 1.82) is 0 Å². The lowest BCUT2D eigenvalue weighted by molar-refractivity contribution is -0.0280. The van der Waals surface area contributed by atoms with Crippen LogP contribution in [0.15, 0.2) is 121 Å². The fourth-order valence-corrected chi connectivity index (χ4v) is 14.1. The number of ether oxygens (including phenoxy) is 5. The molecule has 0 aliphatic heterocycles. The molecule has 0 heterocycles. The lowest BCUT2D eigenvalue weighted by Gasteiger charge is -2.40. The summed E-state index contributed by atoms with van der Waals surface area (Å²) in [6.07, 6.45) is 14.9. The smallest absolute Gasteiger partial charge is 0.118 e. The van der Waals surface area contributed by atoms with Gasteiger partial charge >= 0.3 is 0 Å². The van der Waals surface area contributed by atoms with E-state index in [1.807, 2.05) is 0 Å². The Labute approximate surface area is 646 Å². The average molecular weight is 1420 g/mol. The zero-order chi connectivity index (χ0) is 97.9. The Morgan fingerprint density at radius 2 is 0.480 bits per heavy atom. The second kappa shape index (κ2) is 41.3. The molecule has 5 atom stereocenters. The van der Waals surface area contributed by atoms with Crippen molar-refractivity contribution in [3.8, 4) is 28.7 Å². The highest BCUT2D eigenvalue weighted by Crippen LogP contribution is 2.46. The van der Waals surface area contributed by atoms with Crippen LogP contribution < -0.4 is 23.7 Å². The first-order valence-electron chi connectivity index (χ1n) is 49.7. The lowest BCUT2D eigenvalue weighted by atomic mass is 9.72. The van der Waals surface area contributed by atoms with Gasteiger partial charge in [0.25, 0.3) is 0 Å². The molecule has 0 bridgehead atoms. The fraction of sp³-hybridized carbons (Fsp3) is 0.647. The van der Waals surface area contributed by atoms with Crippen molar-refractivity contribution in [2.24, 2.45) is 0 Å². The standard InChI is InChI=1S/5C17H27NO2/c5*1-18(2)13-16(17(19)11-5-4-6-12-17)14-7-9-15(20-3)10-8-14/h5*7-10,16,19H,4-6,11-13H2,1-3H3/i1D3,2D3,13D2,16D;1D3,13D2,16D;1D3,2D3,16D;13D2,16D;1D3,16D. The first-order valence-corrected chi connectivity index (χ1v) is 35.2. The Balaban J connectivity index is 0.000000249. The Morgan fingerprint density at radius 3 is 0.690 bits per heavy atom. The van der Waals surface area contributed by atoms with Gasteiger partial charge < -0.3 is 73.7 Å². The molecule has 15 nitrogen and oxygen atoms in total. The van der Waals surface area contributed by atoms with Gasteiger partial charge in [0.1, 0.15) is 28.7 Å². The minimum atomic E-state index is -3.36. The quantitative estimate of drug-likeness (QED) is 0.0375. The number of benzene rings is 5. The van der Waals surface area contributed by atoms with Crippen molar-refractivity contribution in [3.05, 3.63) is 149 Å². The maximum atomic E-state index is 11.4. The molecule has 15 heteroatoms. The molecule has 10 rings (SSSR count). The molecule has 5 aromatic carbocycles. The molecule has 5 saturated carbocycles. The van der Waals surface area contributed by atoms with Gasteiger partial charge in [-0.1, -0.05) is 157 Å². The van der Waals surface area contributed by atoms with E-state index in [-0.39, 0.29) is 48.3 Å². The van der Waals surface area contributed by atoms with Crippen LogP contribution in [0.25, 0.3) is 0 Å². The minimum absolute atomic E-state index is 0.0220. The third-order valence-electron chi connectivity index (χ3n) is 19.5. The maximum absolute atomic E-state index is 11.4. The molecule has 0 saturated heterocycles. The first-order chi connectivity index (χ1) is 59.2. The van der Waals surface area contributed by atoms with E-state index < -0.39 is 125 Å². The van der Waals surface area contributed by atoms with Crippen LogP contribution in [0.4, 0.5) is 0 Å². The van der Waals surface area contributed by atoms with Gasteiger partial charge in [-0.05, 0) is 223 Å². The van der Waals surface area contributed by atoms with Crippen LogP contribution >= 0.6 is 0 Å². The zero-order valence-electron chi connectivity index (χ0n) is 89.7. The van der Waals surface area contributed by atoms with Crippen molar-refractivity contribution in [2.45, 2.75) is 218 Å². The SMILES string of the molecule is [2H]C([2H])(N(C)C)C([2H])(c1ccc(OC)cc1)C1(O)CCCCC1.[2H]C([2H])([2H])N(C([2H])([2H])[2H])C([2H])([2H])C([2H])(c1ccc(OC)cc1)C1(O)CCCCC1.[2H]C([2H])([2H])N(C)C([2H])([2H])C([2H])(c1ccc(OC)cc1)C1(O)CCCCC1.[2H]C([2H])([2H])N(C)CC([2H])(c1ccc(OC)cc1)C1(O)CCCCC1.[2H]C([2H])([2H])N(CC([2H])(c1ccc(OC)cc1)C1(O)CCCCC1)C([2H])([2H])[2H]. The highest BCUT2D eigenvalue weighted by molar-refractivity contribution is 5.36. The van der Waals surface area contributed by atoms with Crippen LogP contribution in [0.5, 0.6) is 28.7 Å². The summed E-state index contributed by atoms with van der Waals surface area (Å²) in [4.78, 5) is 3.26. The highest BCUT2D eigenvalue weighted by atomic mass is 16.5. The van der Waals surface area contributed by atoms with Crippen molar-refractivity contribution < 1.29 is 89.0 Å². The third kappa shape index (κ3) is 25.5. The topological polar surface area (TPSA) is 164 Å². The predicted octanol–water partition coefficient (Wildman–Crippen LogP) is 15.2. The number of aliphatic hydroxyl groups is 5. The van der Waals surface area contributed by atoms with Crippen LogP contribution in [0.1, 0.15) is 258 Å². The summed E-state index contributed by atoms with van der Waals surface area (Å²) < 4.78 is 260. The van der Waals surface area contributed by atoms with Crippen LogP contribution in [0.2, 0.25) is 0 Å². The van der Waals surface area contributed by atoms with Crippen molar-refractivity contribution in [1.82, 2.24) is 24.5 Å². The van der Waals surface area contributed by atoms with Gasteiger partial charge in [-0.3, -0.25) is 0 Å². The molecule has 560 valence electrons. The second-order valence-electron chi connectivity index (χ2n) is 27.3. The largest absolute Gasteiger partial charge is 0.497 e. The molecule has 5 N–H and O–H groups in total. The van der Waals surface area contributed by atoms with Gasteiger partial charge in [0.15, 0.2) is 0 Å². The van der Waals surface area contributed by atoms with Gasteiger partial charge in [0, 0.05) is 102 Å². The number of hydrogen-bond acceptors (Lipinski definition) is 15. The van der Waals surface area contributed by atoms with Crippen LogP contribution in [0, 0.1) is 0 Å². The molecular weight excluding hydrogens is 1250 g/mol. The Hall–Kier alpha value is -5.30. The summed E-state index contributed by atoms with van der Waals surface area (Å²) in [6, 6.07) is 32.2. The van der Waals surface area contributed by atoms with Gasteiger partial charge in [-0.25, -0.2) is 0 Å². The maximum Gasteiger partial charge on any atom is 0.118 e. The van der Waals surface area contributed by atoms with Crippen molar-refractivity contribution in [3.63, 3.8) is 0 Å². The summed E-state index contributed by atoms with van der Waals surface area (Å²) >= 11 is 0. The number of methoxy groups -OCH3 is 5. The monoisotopic (exact) mass is 1420 g/mol. The molecular formula is C85H135N5O10. The molecule has 100 heavy (non-hydrogen) atoms. The highest BCUT2D eigenvalue weighted by Gasteiger charge is 2.43. The minimum Gasteiger partial charge on any atom is -0.497 e. The van der Waals surface area contributed by atoms with E-state index in [2.05, 4.69) is 0 Å². The number of nitrogens with zero attached hydrogens (tertiary/aromatic N) is 5. The van der Waals surface area contributed by atoms with E-state index in [4.69, 9.17) is 63.4 Å². The average Bonchev–Trinajstić information content (AvgIpc) is 0.721. The van der Waals surface area contributed by atoms with E-state index in [0.717, 1.165) is 64.8 Å². The molecule has 0 amide bonds. The fourth-order valence-electron chi connectivity index (χ4n) is 14.1. The molecule has 0 radical (unpaired) electrons. The van der Waals surface area contributed by atoms with Gasteiger partial charge in [-0.15, -0.1) is 0 Å². The zero-order valence-corrected chi connectivity index (χ0v) is 60.7. The normalized spacial score (nSPS) is 26.9. The number of likely N-dealkylation sites (N-methyl/N-ethyl adjacent to an activating group) is 5. The number of rotatable bonds is 25. The van der Waals surface area contributed by atoms with Crippen molar-refractivity contribution >= 4 is 0 Å². The van der Waals surface area contributed by atoms with Crippen LogP contribution in [-0.4, -0.2) is 216 Å². The first kappa shape index (κ1) is 50.2. The summed E-state index contributed by atoms with van der Waals surface area (Å²) in [7, 11) is 13.4. The molecule has 5 fully saturated rings. The Morgan fingerprint density at radius 1 is 0.290 bits per heavy atom. The molecule has 5 aliphatic rings. The molecule has 0 aromatic heterocycles. The summed E-state index contributed by atoms with van der Waals surface area (Å²) in [5, 5.41) is 56.6. The third-order valence-corrected chi connectivity index (χ3v) is 19.5. The molecule has 5 aromatic rings. The van der Waals surface area contributed by atoms with E-state index in [9.17, 15) is 25.5 Å². The van der Waals surface area contributed by atoms with Crippen LogP contribution in [-0.2, 0) is 0 Å². The van der Waals surface area contributed by atoms with Gasteiger partial charge in [-0.2, -0.15) is 0 Å². The Bertz CT molecular complexity index is 4220. The number of hydrogen-bond donors (Lipinski definition) is 5. The van der Waals surface area contributed by atoms with E-state index >= 15 is 0 Å². The molecule has 5 unspecified atom stereocenters. The summed E-state index contributed by atoms with van der Waals surface area (Å²) in [5.74, 6) is -6.95. The second-order valence-corrected chi connectivity index (χ2v) is 27.3. The van der Waals surface area contributed by atoms with E-state index in [1.54, 1.807) is 113 Å². The van der Waals surface area contributed by atoms with Crippen molar-refractivity contribution in [2.75, 3.05) is 138 Å². The molecule has 0 spiro atoms. The summed E-state index contributed by atoms with van der Waals surface area (Å²) in [5.41, 5.74) is -6.13. The van der Waals surface area contributed by atoms with E-state index in [0.29, 0.717) is 132 Å². The summed E-state index contributed by atoms with van der Waals surface area (Å²) in [6.45, 7) is -26.2. The van der Waals surface area contributed by atoms with Crippen LogP contribution in [0.3, 0.4) is 0 Å². The predicted molar refractivity (Wildman–Crippen MR) is 412 cm³/mol. The van der Waals surface area contributed by atoms with E-state index in [1.165, 1.54) is 74.6 Å². The van der Waals surface area contributed by atoms with Gasteiger partial charge in [0.05, 0.1) is 63.6 Å². The Kier molecular flexibility index (Phi) is 20.7.